The Morgan fingerprint density at radius 1 is 0.778 bits per heavy atom. The molecule has 0 spiro atoms. The molecule has 2 aliphatic carbocycles. The van der Waals surface area contributed by atoms with Crippen LogP contribution in [0.4, 0.5) is 0 Å². The van der Waals surface area contributed by atoms with Crippen LogP contribution in [0.2, 0.25) is 0 Å². The summed E-state index contributed by atoms with van der Waals surface area (Å²) in [6.45, 7) is 17.3. The smallest absolute Gasteiger partial charge is 0.310 e. The van der Waals surface area contributed by atoms with Gasteiger partial charge < -0.3 is 9.47 Å². The first kappa shape index (κ1) is 22.0. The summed E-state index contributed by atoms with van der Waals surface area (Å²) in [4.78, 5) is 26.1. The largest absolute Gasteiger partial charge is 0.465 e. The van der Waals surface area contributed by atoms with Crippen LogP contribution in [-0.4, -0.2) is 25.2 Å². The van der Waals surface area contributed by atoms with E-state index in [4.69, 9.17) is 9.47 Å². The van der Waals surface area contributed by atoms with E-state index in [2.05, 4.69) is 26.0 Å². The predicted molar refractivity (Wildman–Crippen MR) is 107 cm³/mol. The van der Waals surface area contributed by atoms with Gasteiger partial charge in [-0.2, -0.15) is 0 Å². The maximum Gasteiger partial charge on any atom is 0.310 e. The van der Waals surface area contributed by atoms with Gasteiger partial charge in [0, 0.05) is 0 Å². The van der Waals surface area contributed by atoms with Gasteiger partial charge in [-0.3, -0.25) is 9.59 Å². The van der Waals surface area contributed by atoms with Gasteiger partial charge in [0.1, 0.15) is 0 Å². The Balaban J connectivity index is 2.28. The molecule has 0 N–H and O–H groups in total. The Hall–Kier alpha value is -1.32. The zero-order chi connectivity index (χ0) is 20.6. The quantitative estimate of drug-likeness (QED) is 0.481. The third kappa shape index (κ3) is 4.41. The highest BCUT2D eigenvalue weighted by atomic mass is 16.5. The van der Waals surface area contributed by atoms with Crippen molar-refractivity contribution in [1.29, 1.82) is 0 Å². The van der Waals surface area contributed by atoms with Crippen LogP contribution in [0.1, 0.15) is 68.2 Å². The van der Waals surface area contributed by atoms with Crippen LogP contribution in [0.5, 0.6) is 0 Å². The van der Waals surface area contributed by atoms with E-state index in [0.29, 0.717) is 13.2 Å². The average Bonchev–Trinajstić information content (AvgIpc) is 3.06. The average molecular weight is 379 g/mol. The molecule has 4 heteroatoms. The molecule has 27 heavy (non-hydrogen) atoms. The van der Waals surface area contributed by atoms with Gasteiger partial charge in [-0.25, -0.2) is 0 Å². The summed E-state index contributed by atoms with van der Waals surface area (Å²) in [6.07, 6.45) is 6.18. The van der Waals surface area contributed by atoms with E-state index in [1.165, 1.54) is 0 Å². The number of rotatable bonds is 6. The molecule has 0 amide bonds. The summed E-state index contributed by atoms with van der Waals surface area (Å²) in [5.74, 6) is -1.25. The van der Waals surface area contributed by atoms with E-state index in [9.17, 15) is 9.59 Å². The lowest BCUT2D eigenvalue weighted by Gasteiger charge is -2.33. The van der Waals surface area contributed by atoms with Crippen LogP contribution in [0, 0.1) is 39.9 Å². The molecule has 4 nitrogen and oxygen atoms in total. The summed E-state index contributed by atoms with van der Waals surface area (Å²) >= 11 is 0. The zero-order valence-electron chi connectivity index (χ0n) is 18.4. The molecule has 0 aromatic rings. The first-order valence-electron chi connectivity index (χ1n) is 10.4. The van der Waals surface area contributed by atoms with E-state index in [0.717, 1.165) is 12.8 Å². The molecule has 0 heterocycles. The van der Waals surface area contributed by atoms with Crippen LogP contribution >= 0.6 is 0 Å². The molecule has 0 saturated heterocycles. The number of fused-ring (bicyclic) bond motifs is 2. The number of carbonyl (C=O) groups is 2. The maximum absolute atomic E-state index is 13.1. The summed E-state index contributed by atoms with van der Waals surface area (Å²) in [7, 11) is 0. The minimum atomic E-state index is -0.435. The van der Waals surface area contributed by atoms with Crippen molar-refractivity contribution in [2.45, 2.75) is 68.2 Å². The van der Waals surface area contributed by atoms with E-state index >= 15 is 0 Å². The highest BCUT2D eigenvalue weighted by molar-refractivity contribution is 5.85. The van der Waals surface area contributed by atoms with Crippen molar-refractivity contribution in [3.8, 4) is 0 Å². The monoisotopic (exact) mass is 378 g/mol. The molecule has 1 fully saturated rings. The van der Waals surface area contributed by atoms with Gasteiger partial charge in [0.05, 0.1) is 25.0 Å². The highest BCUT2D eigenvalue weighted by Crippen LogP contribution is 2.63. The third-order valence-electron chi connectivity index (χ3n) is 6.17. The Morgan fingerprint density at radius 2 is 1.11 bits per heavy atom. The van der Waals surface area contributed by atoms with Crippen LogP contribution in [0.15, 0.2) is 12.2 Å². The number of hydrogen-bond donors (Lipinski definition) is 0. The fraction of sp³-hybridized carbons (Fsp3) is 0.826. The van der Waals surface area contributed by atoms with Crippen LogP contribution in [-0.2, 0) is 19.1 Å². The molecule has 0 aliphatic heterocycles. The lowest BCUT2D eigenvalue weighted by atomic mass is 9.71. The SMILES string of the molecule is CCC1(CC)C2C=CC1C(C(=O)OCC(C)(C)C)C2C(=O)OCC(C)(C)C. The Bertz CT molecular complexity index is 538. The second-order valence-corrected chi connectivity index (χ2v) is 10.8. The molecule has 154 valence electrons. The molecule has 4 unspecified atom stereocenters. The van der Waals surface area contributed by atoms with Crippen LogP contribution in [0.25, 0.3) is 0 Å². The van der Waals surface area contributed by atoms with E-state index < -0.39 is 11.8 Å². The van der Waals surface area contributed by atoms with Gasteiger partial charge in [-0.1, -0.05) is 67.5 Å². The second kappa shape index (κ2) is 7.60. The molecule has 0 aromatic carbocycles. The normalized spacial score (nSPS) is 29.0. The summed E-state index contributed by atoms with van der Waals surface area (Å²) < 4.78 is 11.3. The molecule has 4 atom stereocenters. The van der Waals surface area contributed by atoms with E-state index in [1.807, 2.05) is 41.5 Å². The lowest BCUT2D eigenvalue weighted by Crippen LogP contribution is -2.37. The van der Waals surface area contributed by atoms with Crippen LogP contribution < -0.4 is 0 Å². The lowest BCUT2D eigenvalue weighted by molar-refractivity contribution is -0.164. The van der Waals surface area contributed by atoms with Gasteiger partial charge in [-0.15, -0.1) is 0 Å². The predicted octanol–water partition coefficient (Wildman–Crippen LogP) is 5.02. The topological polar surface area (TPSA) is 52.6 Å². The zero-order valence-corrected chi connectivity index (χ0v) is 18.4. The van der Waals surface area contributed by atoms with E-state index in [-0.39, 0.29) is 40.0 Å². The second-order valence-electron chi connectivity index (χ2n) is 10.8. The van der Waals surface area contributed by atoms with Gasteiger partial charge in [0.2, 0.25) is 0 Å². The van der Waals surface area contributed by atoms with Crippen molar-refractivity contribution in [3.05, 3.63) is 12.2 Å². The summed E-state index contributed by atoms with van der Waals surface area (Å²) in [5.41, 5.74) is -0.243. The Morgan fingerprint density at radius 3 is 1.37 bits per heavy atom. The molecule has 0 radical (unpaired) electrons. The molecule has 0 aromatic heterocycles. The van der Waals surface area contributed by atoms with Gasteiger partial charge in [0.15, 0.2) is 0 Å². The fourth-order valence-electron chi connectivity index (χ4n) is 4.79. The molecular weight excluding hydrogens is 340 g/mol. The van der Waals surface area contributed by atoms with Crippen molar-refractivity contribution >= 4 is 11.9 Å². The van der Waals surface area contributed by atoms with Crippen LogP contribution in [0.3, 0.4) is 0 Å². The molecule has 1 saturated carbocycles. The first-order valence-corrected chi connectivity index (χ1v) is 10.4. The van der Waals surface area contributed by atoms with E-state index in [1.54, 1.807) is 0 Å². The Kier molecular flexibility index (Phi) is 6.18. The molecule has 2 rings (SSSR count). The van der Waals surface area contributed by atoms with Gasteiger partial charge in [0.25, 0.3) is 0 Å². The number of esters is 2. The maximum atomic E-state index is 13.1. The fourth-order valence-corrected chi connectivity index (χ4v) is 4.79. The summed E-state index contributed by atoms with van der Waals surface area (Å²) in [6, 6.07) is 0. The molecule has 2 aliphatic rings. The number of carbonyl (C=O) groups excluding carboxylic acids is 2. The standard InChI is InChI=1S/C23H38O4/c1-9-23(10-2)15-11-12-16(23)18(20(25)27-14-22(6,7)8)17(15)19(24)26-13-21(3,4)5/h11-12,15-18H,9-10,13-14H2,1-8H3. The molecule has 2 bridgehead atoms. The number of allylic oxidation sites excluding steroid dienone is 2. The van der Waals surface area contributed by atoms with Gasteiger partial charge >= 0.3 is 11.9 Å². The number of hydrogen-bond acceptors (Lipinski definition) is 4. The first-order chi connectivity index (χ1) is 12.4. The van der Waals surface area contributed by atoms with Gasteiger partial charge in [-0.05, 0) is 40.9 Å². The van der Waals surface area contributed by atoms with Crippen molar-refractivity contribution in [3.63, 3.8) is 0 Å². The molecular formula is C23H38O4. The highest BCUT2D eigenvalue weighted by Gasteiger charge is 2.64. The van der Waals surface area contributed by atoms with Crippen molar-refractivity contribution in [2.24, 2.45) is 39.9 Å². The van der Waals surface area contributed by atoms with Crippen molar-refractivity contribution in [2.75, 3.05) is 13.2 Å². The van der Waals surface area contributed by atoms with Crippen molar-refractivity contribution in [1.82, 2.24) is 0 Å². The Labute approximate surface area is 165 Å². The minimum absolute atomic E-state index is 0.0448. The minimum Gasteiger partial charge on any atom is -0.465 e. The summed E-state index contributed by atoms with van der Waals surface area (Å²) in [5, 5.41) is 0. The van der Waals surface area contributed by atoms with Crippen molar-refractivity contribution < 1.29 is 19.1 Å². The third-order valence-corrected chi connectivity index (χ3v) is 6.17. The number of ether oxygens (including phenoxy) is 2.